The number of aromatic nitrogens is 1. The van der Waals surface area contributed by atoms with E-state index in [-0.39, 0.29) is 5.75 Å². The zero-order chi connectivity index (χ0) is 16.7. The predicted octanol–water partition coefficient (Wildman–Crippen LogP) is 1.80. The van der Waals surface area contributed by atoms with Crippen LogP contribution in [0.4, 0.5) is 0 Å². The van der Waals surface area contributed by atoms with Crippen molar-refractivity contribution in [2.75, 3.05) is 6.61 Å². The third kappa shape index (κ3) is 2.77. The second kappa shape index (κ2) is 6.21. The van der Waals surface area contributed by atoms with E-state index >= 15 is 0 Å². The highest BCUT2D eigenvalue weighted by atomic mass is 79.9. The van der Waals surface area contributed by atoms with Crippen molar-refractivity contribution in [3.05, 3.63) is 39.5 Å². The van der Waals surface area contributed by atoms with Crippen LogP contribution in [-0.2, 0) is 4.74 Å². The Labute approximate surface area is 143 Å². The Kier molecular flexibility index (Phi) is 4.43. The van der Waals surface area contributed by atoms with Crippen molar-refractivity contribution in [1.29, 1.82) is 0 Å². The number of aromatic amines is 1. The average molecular weight is 407 g/mol. The molecule has 124 valence electrons. The molecule has 0 saturated heterocycles. The van der Waals surface area contributed by atoms with Gasteiger partial charge in [0.1, 0.15) is 12.2 Å². The maximum atomic E-state index is 9.90. The van der Waals surface area contributed by atoms with Gasteiger partial charge in [0, 0.05) is 10.7 Å². The SMILES string of the molecule is OC[C@H]1OC(Oc2c[nH]c3ccc(Br)c(Cl)c23)=C(O)[C@@H](O)[C@H]1O. The van der Waals surface area contributed by atoms with Gasteiger partial charge in [-0.2, -0.15) is 0 Å². The molecular weight excluding hydrogens is 394 g/mol. The lowest BCUT2D eigenvalue weighted by molar-refractivity contribution is -0.133. The summed E-state index contributed by atoms with van der Waals surface area (Å²) in [5.41, 5.74) is 0.698. The van der Waals surface area contributed by atoms with Crippen LogP contribution in [0, 0.1) is 0 Å². The van der Waals surface area contributed by atoms with Crippen molar-refractivity contribution in [2.24, 2.45) is 0 Å². The fourth-order valence-corrected chi connectivity index (χ4v) is 2.87. The van der Waals surface area contributed by atoms with Gasteiger partial charge in [-0.3, -0.25) is 0 Å². The largest absolute Gasteiger partial charge is 0.504 e. The quantitative estimate of drug-likeness (QED) is 0.531. The van der Waals surface area contributed by atoms with E-state index in [1.807, 2.05) is 0 Å². The standard InChI is InChI=1S/C14H13BrClNO6/c15-5-1-2-6-9(10(5)16)7(3-17-6)22-14-13(21)12(20)11(19)8(4-18)23-14/h1-3,8,11-12,17-21H,4H2/t8-,11+,12+/m1/s1. The van der Waals surface area contributed by atoms with Gasteiger partial charge in [0.15, 0.2) is 11.9 Å². The van der Waals surface area contributed by atoms with Gasteiger partial charge >= 0.3 is 5.95 Å². The topological polar surface area (TPSA) is 115 Å². The lowest BCUT2D eigenvalue weighted by Gasteiger charge is -2.31. The van der Waals surface area contributed by atoms with Crippen molar-refractivity contribution >= 4 is 38.4 Å². The van der Waals surface area contributed by atoms with Crippen LogP contribution >= 0.6 is 27.5 Å². The minimum Gasteiger partial charge on any atom is -0.504 e. The van der Waals surface area contributed by atoms with E-state index in [0.29, 0.717) is 20.4 Å². The lowest BCUT2D eigenvalue weighted by Crippen LogP contribution is -2.47. The number of aliphatic hydroxyl groups excluding tert-OH is 4. The maximum absolute atomic E-state index is 9.90. The molecule has 1 aliphatic rings. The molecule has 0 fully saturated rings. The van der Waals surface area contributed by atoms with Crippen LogP contribution in [0.15, 0.2) is 34.5 Å². The molecule has 0 aliphatic carbocycles. The summed E-state index contributed by atoms with van der Waals surface area (Å²) in [4.78, 5) is 2.95. The number of fused-ring (bicyclic) bond motifs is 1. The second-order valence-electron chi connectivity index (χ2n) is 4.99. The normalized spacial score (nSPS) is 24.8. The molecule has 5 N–H and O–H groups in total. The van der Waals surface area contributed by atoms with E-state index in [2.05, 4.69) is 20.9 Å². The molecule has 9 heteroatoms. The van der Waals surface area contributed by atoms with Gasteiger partial charge in [-0.15, -0.1) is 0 Å². The van der Waals surface area contributed by atoms with Crippen molar-refractivity contribution in [2.45, 2.75) is 18.3 Å². The molecular formula is C14H13BrClNO6. The summed E-state index contributed by atoms with van der Waals surface area (Å²) < 4.78 is 11.4. The van der Waals surface area contributed by atoms with Crippen LogP contribution in [-0.4, -0.2) is 50.3 Å². The molecule has 3 atom stereocenters. The summed E-state index contributed by atoms with van der Waals surface area (Å²) in [6.45, 7) is -0.557. The van der Waals surface area contributed by atoms with Gasteiger partial charge in [-0.05, 0) is 28.1 Å². The number of aliphatic hydroxyl groups is 4. The van der Waals surface area contributed by atoms with Crippen molar-refractivity contribution < 1.29 is 29.9 Å². The van der Waals surface area contributed by atoms with Crippen LogP contribution in [0.5, 0.6) is 5.75 Å². The van der Waals surface area contributed by atoms with E-state index in [4.69, 9.17) is 21.1 Å². The Morgan fingerprint density at radius 3 is 2.78 bits per heavy atom. The van der Waals surface area contributed by atoms with E-state index in [1.165, 1.54) is 6.20 Å². The molecule has 7 nitrogen and oxygen atoms in total. The zero-order valence-electron chi connectivity index (χ0n) is 11.5. The summed E-state index contributed by atoms with van der Waals surface area (Å²) in [7, 11) is 0. The first-order valence-electron chi connectivity index (χ1n) is 6.63. The minimum absolute atomic E-state index is 0.258. The summed E-state index contributed by atoms with van der Waals surface area (Å²) in [5, 5.41) is 39.5. The molecule has 23 heavy (non-hydrogen) atoms. The molecule has 1 aromatic heterocycles. The summed E-state index contributed by atoms with van der Waals surface area (Å²) in [6.07, 6.45) is -2.70. The van der Waals surface area contributed by atoms with E-state index in [0.717, 1.165) is 0 Å². The lowest BCUT2D eigenvalue weighted by atomic mass is 10.0. The molecule has 0 amide bonds. The van der Waals surface area contributed by atoms with Gasteiger partial charge in [-0.1, -0.05) is 11.6 Å². The molecule has 0 bridgehead atoms. The van der Waals surface area contributed by atoms with Crippen molar-refractivity contribution in [1.82, 2.24) is 4.98 Å². The molecule has 1 aromatic carbocycles. The van der Waals surface area contributed by atoms with Crippen LogP contribution in [0.25, 0.3) is 10.9 Å². The highest BCUT2D eigenvalue weighted by Crippen LogP contribution is 2.38. The Morgan fingerprint density at radius 1 is 1.35 bits per heavy atom. The predicted molar refractivity (Wildman–Crippen MR) is 85.3 cm³/mol. The van der Waals surface area contributed by atoms with Crippen LogP contribution in [0.2, 0.25) is 5.02 Å². The molecule has 0 saturated carbocycles. The highest BCUT2D eigenvalue weighted by molar-refractivity contribution is 9.10. The average Bonchev–Trinajstić information content (AvgIpc) is 2.95. The molecule has 0 radical (unpaired) electrons. The number of benzene rings is 1. The smallest absolute Gasteiger partial charge is 0.327 e. The molecule has 0 unspecified atom stereocenters. The number of ether oxygens (including phenoxy) is 2. The van der Waals surface area contributed by atoms with Crippen molar-refractivity contribution in [3.8, 4) is 5.75 Å². The number of hydrogen-bond donors (Lipinski definition) is 5. The summed E-state index contributed by atoms with van der Waals surface area (Å²) in [5.74, 6) is -0.811. The minimum atomic E-state index is -1.62. The number of rotatable bonds is 3. The van der Waals surface area contributed by atoms with Crippen molar-refractivity contribution in [3.63, 3.8) is 0 Å². The van der Waals surface area contributed by atoms with Crippen LogP contribution in [0.3, 0.4) is 0 Å². The molecule has 3 rings (SSSR count). The Balaban J connectivity index is 2.00. The number of H-pyrrole nitrogens is 1. The molecule has 2 aromatic rings. The first-order valence-corrected chi connectivity index (χ1v) is 7.80. The van der Waals surface area contributed by atoms with Crippen LogP contribution in [0.1, 0.15) is 0 Å². The summed E-state index contributed by atoms with van der Waals surface area (Å²) >= 11 is 9.55. The molecule has 2 heterocycles. The number of hydrogen-bond acceptors (Lipinski definition) is 6. The first-order chi connectivity index (χ1) is 10.9. The third-order valence-corrected chi connectivity index (χ3v) is 4.82. The second-order valence-corrected chi connectivity index (χ2v) is 6.22. The van der Waals surface area contributed by atoms with Gasteiger partial charge in [-0.25, -0.2) is 0 Å². The fraction of sp³-hybridized carbons (Fsp3) is 0.286. The van der Waals surface area contributed by atoms with E-state index < -0.39 is 36.6 Å². The fourth-order valence-electron chi connectivity index (χ4n) is 2.28. The first kappa shape index (κ1) is 16.4. The monoisotopic (exact) mass is 405 g/mol. The van der Waals surface area contributed by atoms with Gasteiger partial charge in [0.05, 0.1) is 22.5 Å². The molecule has 1 aliphatic heterocycles. The summed E-state index contributed by atoms with van der Waals surface area (Å²) in [6, 6.07) is 3.55. The maximum Gasteiger partial charge on any atom is 0.327 e. The van der Waals surface area contributed by atoms with Gasteiger partial charge in [0.2, 0.25) is 5.76 Å². The Morgan fingerprint density at radius 2 is 2.09 bits per heavy atom. The number of halogens is 2. The molecule has 0 spiro atoms. The highest BCUT2D eigenvalue weighted by Gasteiger charge is 2.39. The van der Waals surface area contributed by atoms with Gasteiger partial charge < -0.3 is 34.9 Å². The van der Waals surface area contributed by atoms with Gasteiger partial charge in [0.25, 0.3) is 0 Å². The number of nitrogens with one attached hydrogen (secondary N) is 1. The Hall–Kier alpha value is -1.45. The third-order valence-electron chi connectivity index (χ3n) is 3.53. The Bertz CT molecular complexity index is 776. The van der Waals surface area contributed by atoms with E-state index in [9.17, 15) is 20.4 Å². The van der Waals surface area contributed by atoms with E-state index in [1.54, 1.807) is 12.1 Å². The van der Waals surface area contributed by atoms with Crippen LogP contribution < -0.4 is 4.74 Å². The zero-order valence-corrected chi connectivity index (χ0v) is 13.9.